The summed E-state index contributed by atoms with van der Waals surface area (Å²) in [6, 6.07) is 18.9. The van der Waals surface area contributed by atoms with Gasteiger partial charge in [0.15, 0.2) is 17.0 Å². The number of anilines is 2. The Kier molecular flexibility index (Phi) is 6.13. The van der Waals surface area contributed by atoms with E-state index in [2.05, 4.69) is 24.8 Å². The minimum atomic E-state index is 0.506. The molecule has 1 saturated heterocycles. The highest BCUT2D eigenvalue weighted by atomic mass is 35.5. The van der Waals surface area contributed by atoms with Crippen LogP contribution in [-0.2, 0) is 0 Å². The molecule has 36 heavy (non-hydrogen) atoms. The van der Waals surface area contributed by atoms with Crippen molar-refractivity contribution in [3.05, 3.63) is 88.3 Å². The lowest BCUT2D eigenvalue weighted by Gasteiger charge is -2.35. The molecular formula is C26H20Cl3N7. The molecule has 0 spiro atoms. The van der Waals surface area contributed by atoms with Crippen molar-refractivity contribution in [2.45, 2.75) is 0 Å². The van der Waals surface area contributed by atoms with Gasteiger partial charge < -0.3 is 9.80 Å². The molecule has 2 aromatic carbocycles. The first kappa shape index (κ1) is 23.0. The second-order valence-corrected chi connectivity index (χ2v) is 9.68. The van der Waals surface area contributed by atoms with Crippen molar-refractivity contribution >= 4 is 57.6 Å². The molecule has 0 atom stereocenters. The molecule has 3 aromatic heterocycles. The van der Waals surface area contributed by atoms with Gasteiger partial charge in [-0.15, -0.1) is 0 Å². The summed E-state index contributed by atoms with van der Waals surface area (Å²) in [6.07, 6.45) is 3.41. The zero-order valence-electron chi connectivity index (χ0n) is 19.0. The van der Waals surface area contributed by atoms with Crippen LogP contribution in [0.25, 0.3) is 28.2 Å². The molecule has 0 amide bonds. The van der Waals surface area contributed by atoms with Crippen molar-refractivity contribution in [2.24, 2.45) is 0 Å². The summed E-state index contributed by atoms with van der Waals surface area (Å²) in [5.74, 6) is 2.43. The Labute approximate surface area is 222 Å². The van der Waals surface area contributed by atoms with E-state index in [0.717, 1.165) is 49.1 Å². The molecule has 180 valence electrons. The molecule has 7 nitrogen and oxygen atoms in total. The molecule has 0 bridgehead atoms. The number of imidazole rings is 1. The van der Waals surface area contributed by atoms with Crippen LogP contribution in [-0.4, -0.2) is 50.7 Å². The molecule has 1 aliphatic rings. The van der Waals surface area contributed by atoms with Gasteiger partial charge in [0, 0.05) is 53.7 Å². The Morgan fingerprint density at radius 3 is 2.19 bits per heavy atom. The molecular weight excluding hydrogens is 517 g/mol. The summed E-state index contributed by atoms with van der Waals surface area (Å²) < 4.78 is 1.98. The first-order valence-corrected chi connectivity index (χ1v) is 12.6. The molecule has 0 unspecified atom stereocenters. The quantitative estimate of drug-likeness (QED) is 0.274. The predicted molar refractivity (Wildman–Crippen MR) is 146 cm³/mol. The van der Waals surface area contributed by atoms with Crippen molar-refractivity contribution in [2.75, 3.05) is 36.0 Å². The Hall–Kier alpha value is -3.39. The van der Waals surface area contributed by atoms with Crippen LogP contribution in [0.15, 0.2) is 73.2 Å². The van der Waals surface area contributed by atoms with Crippen LogP contribution in [0.2, 0.25) is 15.1 Å². The molecule has 6 rings (SSSR count). The lowest BCUT2D eigenvalue weighted by molar-refractivity contribution is 0.642. The lowest BCUT2D eigenvalue weighted by Crippen LogP contribution is -2.47. The maximum Gasteiger partial charge on any atom is 0.170 e. The second kappa shape index (κ2) is 9.58. The van der Waals surface area contributed by atoms with E-state index >= 15 is 0 Å². The number of aromatic nitrogens is 5. The lowest BCUT2D eigenvalue weighted by atomic mass is 10.2. The van der Waals surface area contributed by atoms with Crippen molar-refractivity contribution < 1.29 is 0 Å². The maximum atomic E-state index is 6.62. The largest absolute Gasteiger partial charge is 0.353 e. The fourth-order valence-corrected chi connectivity index (χ4v) is 5.11. The molecule has 1 fully saturated rings. The highest BCUT2D eigenvalue weighted by Crippen LogP contribution is 2.36. The number of hydrogen-bond acceptors (Lipinski definition) is 6. The van der Waals surface area contributed by atoms with E-state index in [1.54, 1.807) is 18.5 Å². The van der Waals surface area contributed by atoms with E-state index in [4.69, 9.17) is 39.8 Å². The number of piperazine rings is 1. The first-order valence-electron chi connectivity index (χ1n) is 11.4. The van der Waals surface area contributed by atoms with E-state index in [-0.39, 0.29) is 0 Å². The molecule has 1 aliphatic heterocycles. The molecule has 10 heteroatoms. The highest BCUT2D eigenvalue weighted by Gasteiger charge is 2.25. The van der Waals surface area contributed by atoms with Crippen molar-refractivity contribution in [1.29, 1.82) is 0 Å². The number of pyridine rings is 1. The zero-order valence-corrected chi connectivity index (χ0v) is 21.3. The smallest absolute Gasteiger partial charge is 0.170 e. The molecule has 0 aliphatic carbocycles. The van der Waals surface area contributed by atoms with Gasteiger partial charge in [0.25, 0.3) is 0 Å². The van der Waals surface area contributed by atoms with Gasteiger partial charge >= 0.3 is 0 Å². The number of fused-ring (bicyclic) bond motifs is 1. The highest BCUT2D eigenvalue weighted by molar-refractivity contribution is 6.36. The SMILES string of the molecule is Clc1ccc(-n2c(-c3ccc(Cl)cc3Cl)nc3c(N4CCN(c5ccccn5)CC4)ncnc32)cc1. The minimum absolute atomic E-state index is 0.506. The normalized spacial score (nSPS) is 14.0. The van der Waals surface area contributed by atoms with Gasteiger partial charge in [0.05, 0.1) is 5.02 Å². The number of halogens is 3. The number of rotatable bonds is 4. The molecule has 5 aromatic rings. The Morgan fingerprint density at radius 1 is 0.722 bits per heavy atom. The average molecular weight is 537 g/mol. The van der Waals surface area contributed by atoms with Gasteiger partial charge in [0.1, 0.15) is 18.0 Å². The summed E-state index contributed by atoms with van der Waals surface area (Å²) in [6.45, 7) is 3.23. The minimum Gasteiger partial charge on any atom is -0.353 e. The molecule has 0 N–H and O–H groups in total. The zero-order chi connectivity index (χ0) is 24.6. The first-order chi connectivity index (χ1) is 17.6. The van der Waals surface area contributed by atoms with Gasteiger partial charge in [-0.1, -0.05) is 40.9 Å². The standard InChI is InChI=1S/C26H20Cl3N7/c27-17-4-7-19(8-5-17)36-24(20-9-6-18(28)15-21(20)29)33-23-25(31-16-32-26(23)36)35-13-11-34(12-14-35)22-3-1-2-10-30-22/h1-10,15-16H,11-14H2. The summed E-state index contributed by atoms with van der Waals surface area (Å²) >= 11 is 19.0. The topological polar surface area (TPSA) is 63.0 Å². The van der Waals surface area contributed by atoms with Crippen molar-refractivity contribution in [3.8, 4) is 17.1 Å². The van der Waals surface area contributed by atoms with Crippen LogP contribution in [0, 0.1) is 0 Å². The average Bonchev–Trinajstić information content (AvgIpc) is 3.29. The Bertz CT molecular complexity index is 1530. The second-order valence-electron chi connectivity index (χ2n) is 8.40. The third-order valence-electron chi connectivity index (χ3n) is 6.23. The number of nitrogens with zero attached hydrogens (tertiary/aromatic N) is 7. The van der Waals surface area contributed by atoms with Gasteiger partial charge in [-0.25, -0.2) is 19.9 Å². The summed E-state index contributed by atoms with van der Waals surface area (Å²) in [5.41, 5.74) is 3.02. The van der Waals surface area contributed by atoms with Crippen LogP contribution < -0.4 is 9.80 Å². The third-order valence-corrected chi connectivity index (χ3v) is 7.03. The third kappa shape index (κ3) is 4.23. The maximum absolute atomic E-state index is 6.62. The van der Waals surface area contributed by atoms with Crippen LogP contribution in [0.5, 0.6) is 0 Å². The molecule has 0 saturated carbocycles. The molecule has 4 heterocycles. The van der Waals surface area contributed by atoms with Crippen LogP contribution in [0.1, 0.15) is 0 Å². The van der Waals surface area contributed by atoms with E-state index in [0.29, 0.717) is 32.1 Å². The van der Waals surface area contributed by atoms with E-state index in [1.165, 1.54) is 0 Å². The van der Waals surface area contributed by atoms with Gasteiger partial charge in [0.2, 0.25) is 0 Å². The molecule has 0 radical (unpaired) electrons. The fraction of sp³-hybridized carbons (Fsp3) is 0.154. The number of benzene rings is 2. The van der Waals surface area contributed by atoms with Crippen LogP contribution in [0.4, 0.5) is 11.6 Å². The number of hydrogen-bond donors (Lipinski definition) is 0. The van der Waals surface area contributed by atoms with E-state index < -0.39 is 0 Å². The Morgan fingerprint density at radius 2 is 1.47 bits per heavy atom. The summed E-state index contributed by atoms with van der Waals surface area (Å²) in [4.78, 5) is 23.3. The Balaban J connectivity index is 1.45. The predicted octanol–water partition coefficient (Wildman–Crippen LogP) is 6.16. The van der Waals surface area contributed by atoms with Crippen LogP contribution in [0.3, 0.4) is 0 Å². The fourth-order valence-electron chi connectivity index (χ4n) is 4.49. The van der Waals surface area contributed by atoms with Crippen LogP contribution >= 0.6 is 34.8 Å². The van der Waals surface area contributed by atoms with Gasteiger partial charge in [-0.2, -0.15) is 0 Å². The van der Waals surface area contributed by atoms with Gasteiger partial charge in [-0.05, 0) is 54.6 Å². The van der Waals surface area contributed by atoms with E-state index in [1.807, 2.05) is 59.3 Å². The van der Waals surface area contributed by atoms with Crippen molar-refractivity contribution in [1.82, 2.24) is 24.5 Å². The monoisotopic (exact) mass is 535 g/mol. The summed E-state index contributed by atoms with van der Waals surface area (Å²) in [7, 11) is 0. The van der Waals surface area contributed by atoms with E-state index in [9.17, 15) is 0 Å². The van der Waals surface area contributed by atoms with Crippen molar-refractivity contribution in [3.63, 3.8) is 0 Å². The van der Waals surface area contributed by atoms with Gasteiger partial charge in [-0.3, -0.25) is 4.57 Å². The summed E-state index contributed by atoms with van der Waals surface area (Å²) in [5, 5.41) is 1.71.